The van der Waals surface area contributed by atoms with Crippen LogP contribution in [0.4, 0.5) is 0 Å². The maximum Gasteiger partial charge on any atom is 0.115 e. The van der Waals surface area contributed by atoms with Crippen molar-refractivity contribution in [3.05, 3.63) is 29.8 Å². The molecule has 18 heavy (non-hydrogen) atoms. The number of hydrogen-bond donors (Lipinski definition) is 1. The van der Waals surface area contributed by atoms with Crippen molar-refractivity contribution < 1.29 is 9.84 Å². The average molecular weight is 249 g/mol. The van der Waals surface area contributed by atoms with E-state index in [1.165, 1.54) is 0 Å². The van der Waals surface area contributed by atoms with Crippen LogP contribution < -0.4 is 0 Å². The first-order chi connectivity index (χ1) is 8.54. The number of methoxy groups -OCH3 is 1. The first kappa shape index (κ1) is 13.4. The van der Waals surface area contributed by atoms with Crippen LogP contribution in [0.25, 0.3) is 0 Å². The molecule has 0 bridgehead atoms. The van der Waals surface area contributed by atoms with Gasteiger partial charge in [-0.1, -0.05) is 12.1 Å². The lowest BCUT2D eigenvalue weighted by atomic mass is 9.92. The number of likely N-dealkylation sites (tertiary alicyclic amines) is 1. The molecular formula is C15H23NO2. The van der Waals surface area contributed by atoms with Crippen LogP contribution in [0.3, 0.4) is 0 Å². The number of benzene rings is 1. The standard InChI is InChI=1S/C15H23NO2/c1-12(13-6-4-7-14(17)10-13)16-9-5-8-15(2,11-16)18-3/h4,6-7,10,12,17H,5,8-9,11H2,1-3H3. The summed E-state index contributed by atoms with van der Waals surface area (Å²) < 4.78 is 5.63. The molecule has 0 aliphatic carbocycles. The first-order valence-electron chi connectivity index (χ1n) is 6.62. The molecule has 0 amide bonds. The van der Waals surface area contributed by atoms with E-state index in [-0.39, 0.29) is 5.60 Å². The van der Waals surface area contributed by atoms with Gasteiger partial charge in [-0.2, -0.15) is 0 Å². The molecule has 0 radical (unpaired) electrons. The van der Waals surface area contributed by atoms with E-state index >= 15 is 0 Å². The SMILES string of the molecule is COC1(C)CCCN(C(C)c2cccc(O)c2)C1. The van der Waals surface area contributed by atoms with Gasteiger partial charge in [0.25, 0.3) is 0 Å². The monoisotopic (exact) mass is 249 g/mol. The normalized spacial score (nSPS) is 27.1. The van der Waals surface area contributed by atoms with Gasteiger partial charge in [-0.05, 0) is 50.9 Å². The van der Waals surface area contributed by atoms with Gasteiger partial charge in [0.1, 0.15) is 5.75 Å². The van der Waals surface area contributed by atoms with Gasteiger partial charge in [0.2, 0.25) is 0 Å². The van der Waals surface area contributed by atoms with E-state index < -0.39 is 0 Å². The quantitative estimate of drug-likeness (QED) is 0.894. The molecule has 1 N–H and O–H groups in total. The Labute approximate surface area is 109 Å². The van der Waals surface area contributed by atoms with Crippen molar-refractivity contribution in [2.75, 3.05) is 20.2 Å². The van der Waals surface area contributed by atoms with Gasteiger partial charge in [0.15, 0.2) is 0 Å². The smallest absolute Gasteiger partial charge is 0.115 e. The molecule has 3 nitrogen and oxygen atoms in total. The molecule has 1 aliphatic rings. The third kappa shape index (κ3) is 2.85. The third-order valence-electron chi connectivity index (χ3n) is 4.08. The number of rotatable bonds is 3. The summed E-state index contributed by atoms with van der Waals surface area (Å²) in [5.41, 5.74) is 1.12. The van der Waals surface area contributed by atoms with Crippen molar-refractivity contribution in [3.63, 3.8) is 0 Å². The summed E-state index contributed by atoms with van der Waals surface area (Å²) >= 11 is 0. The third-order valence-corrected chi connectivity index (χ3v) is 4.08. The van der Waals surface area contributed by atoms with Crippen LogP contribution in [0.1, 0.15) is 38.3 Å². The Balaban J connectivity index is 2.11. The van der Waals surface area contributed by atoms with Gasteiger partial charge in [-0.25, -0.2) is 0 Å². The number of phenolic OH excluding ortho intramolecular Hbond substituents is 1. The topological polar surface area (TPSA) is 32.7 Å². The Hall–Kier alpha value is -1.06. The summed E-state index contributed by atoms with van der Waals surface area (Å²) in [4.78, 5) is 2.43. The number of ether oxygens (including phenoxy) is 1. The van der Waals surface area contributed by atoms with Crippen molar-refractivity contribution in [1.29, 1.82) is 0 Å². The van der Waals surface area contributed by atoms with Crippen molar-refractivity contribution in [1.82, 2.24) is 4.90 Å². The number of phenols is 1. The molecule has 100 valence electrons. The molecule has 1 saturated heterocycles. The fourth-order valence-corrected chi connectivity index (χ4v) is 2.74. The van der Waals surface area contributed by atoms with Crippen LogP contribution in [-0.2, 0) is 4.74 Å². The zero-order valence-corrected chi connectivity index (χ0v) is 11.5. The lowest BCUT2D eigenvalue weighted by Crippen LogP contribution is -2.48. The van der Waals surface area contributed by atoms with Crippen LogP contribution in [0.15, 0.2) is 24.3 Å². The number of nitrogens with zero attached hydrogens (tertiary/aromatic N) is 1. The minimum absolute atomic E-state index is 0.0384. The van der Waals surface area contributed by atoms with Crippen molar-refractivity contribution in [3.8, 4) is 5.75 Å². The highest BCUT2D eigenvalue weighted by atomic mass is 16.5. The second kappa shape index (κ2) is 5.29. The summed E-state index contributed by atoms with van der Waals surface area (Å²) in [7, 11) is 1.79. The molecule has 2 rings (SSSR count). The van der Waals surface area contributed by atoms with Crippen molar-refractivity contribution in [2.24, 2.45) is 0 Å². The zero-order chi connectivity index (χ0) is 13.2. The Bertz CT molecular complexity index is 407. The van der Waals surface area contributed by atoms with Crippen LogP contribution in [0.5, 0.6) is 5.75 Å². The number of hydrogen-bond acceptors (Lipinski definition) is 3. The fraction of sp³-hybridized carbons (Fsp3) is 0.600. The molecule has 0 spiro atoms. The van der Waals surface area contributed by atoms with Gasteiger partial charge in [-0.15, -0.1) is 0 Å². The summed E-state index contributed by atoms with van der Waals surface area (Å²) in [6.07, 6.45) is 2.28. The molecule has 3 heteroatoms. The molecular weight excluding hydrogens is 226 g/mol. The molecule has 0 saturated carbocycles. The van der Waals surface area contributed by atoms with Crippen LogP contribution in [0.2, 0.25) is 0 Å². The molecule has 1 heterocycles. The van der Waals surface area contributed by atoms with Gasteiger partial charge in [0.05, 0.1) is 5.60 Å². The summed E-state index contributed by atoms with van der Waals surface area (Å²) in [6, 6.07) is 7.85. The molecule has 2 unspecified atom stereocenters. The summed E-state index contributed by atoms with van der Waals surface area (Å²) in [6.45, 7) is 6.40. The van der Waals surface area contributed by atoms with E-state index in [0.717, 1.165) is 31.5 Å². The second-order valence-electron chi connectivity index (χ2n) is 5.50. The lowest BCUT2D eigenvalue weighted by molar-refractivity contribution is -0.0599. The Morgan fingerprint density at radius 1 is 1.44 bits per heavy atom. The Kier molecular flexibility index (Phi) is 3.93. The van der Waals surface area contributed by atoms with Crippen LogP contribution in [-0.4, -0.2) is 35.8 Å². The minimum atomic E-state index is -0.0384. The predicted octanol–water partition coefficient (Wildman–Crippen LogP) is 2.95. The van der Waals surface area contributed by atoms with Gasteiger partial charge in [-0.3, -0.25) is 4.90 Å². The highest BCUT2D eigenvalue weighted by molar-refractivity contribution is 5.29. The molecule has 0 aromatic heterocycles. The molecule has 1 aromatic rings. The van der Waals surface area contributed by atoms with E-state index in [0.29, 0.717) is 11.8 Å². The lowest BCUT2D eigenvalue weighted by Gasteiger charge is -2.42. The number of aromatic hydroxyl groups is 1. The van der Waals surface area contributed by atoms with Gasteiger partial charge in [0, 0.05) is 19.7 Å². The zero-order valence-electron chi connectivity index (χ0n) is 11.5. The highest BCUT2D eigenvalue weighted by Gasteiger charge is 2.33. The maximum atomic E-state index is 9.57. The van der Waals surface area contributed by atoms with Crippen molar-refractivity contribution >= 4 is 0 Å². The largest absolute Gasteiger partial charge is 0.508 e. The minimum Gasteiger partial charge on any atom is -0.508 e. The molecule has 1 fully saturated rings. The van der Waals surface area contributed by atoms with E-state index in [9.17, 15) is 5.11 Å². The Morgan fingerprint density at radius 2 is 2.22 bits per heavy atom. The van der Waals surface area contributed by atoms with Gasteiger partial charge >= 0.3 is 0 Å². The first-order valence-corrected chi connectivity index (χ1v) is 6.62. The van der Waals surface area contributed by atoms with E-state index in [1.807, 2.05) is 12.1 Å². The molecule has 2 atom stereocenters. The maximum absolute atomic E-state index is 9.57. The molecule has 1 aromatic carbocycles. The summed E-state index contributed by atoms with van der Waals surface area (Å²) in [5.74, 6) is 0.339. The van der Waals surface area contributed by atoms with Crippen LogP contribution >= 0.6 is 0 Å². The number of piperidine rings is 1. The highest BCUT2D eigenvalue weighted by Crippen LogP contribution is 2.31. The second-order valence-corrected chi connectivity index (χ2v) is 5.50. The predicted molar refractivity (Wildman–Crippen MR) is 72.7 cm³/mol. The average Bonchev–Trinajstić information content (AvgIpc) is 2.38. The van der Waals surface area contributed by atoms with E-state index in [1.54, 1.807) is 13.2 Å². The van der Waals surface area contributed by atoms with Crippen LogP contribution in [0, 0.1) is 0 Å². The molecule has 1 aliphatic heterocycles. The van der Waals surface area contributed by atoms with E-state index in [4.69, 9.17) is 4.74 Å². The fourth-order valence-electron chi connectivity index (χ4n) is 2.74. The Morgan fingerprint density at radius 3 is 2.89 bits per heavy atom. The summed E-state index contributed by atoms with van der Waals surface area (Å²) in [5, 5.41) is 9.57. The van der Waals surface area contributed by atoms with Crippen molar-refractivity contribution in [2.45, 2.75) is 38.3 Å². The van der Waals surface area contributed by atoms with E-state index in [2.05, 4.69) is 24.8 Å². The van der Waals surface area contributed by atoms with Gasteiger partial charge < -0.3 is 9.84 Å².